The number of hydrogen-bond donors (Lipinski definition) is 1. The molecule has 1 amide bonds. The lowest BCUT2D eigenvalue weighted by molar-refractivity contribution is 0.0684. The zero-order chi connectivity index (χ0) is 18.2. The zero-order valence-corrected chi connectivity index (χ0v) is 15.7. The highest BCUT2D eigenvalue weighted by Gasteiger charge is 2.45. The summed E-state index contributed by atoms with van der Waals surface area (Å²) in [4.78, 5) is 20.1. The van der Waals surface area contributed by atoms with Crippen LogP contribution in [-0.2, 0) is 4.74 Å². The molecule has 1 N–H and O–H groups in total. The van der Waals surface area contributed by atoms with Crippen molar-refractivity contribution < 1.29 is 9.53 Å². The molecule has 4 heterocycles. The highest BCUT2D eigenvalue weighted by atomic mass is 32.1. The minimum Gasteiger partial charge on any atom is -0.376 e. The van der Waals surface area contributed by atoms with Gasteiger partial charge in [0.1, 0.15) is 5.82 Å². The smallest absolute Gasteiger partial charge is 0.264 e. The van der Waals surface area contributed by atoms with Crippen LogP contribution in [0.15, 0.2) is 54.7 Å². The van der Waals surface area contributed by atoms with Crippen LogP contribution in [0.25, 0.3) is 10.1 Å². The maximum absolute atomic E-state index is 13.0. The van der Waals surface area contributed by atoms with Crippen molar-refractivity contribution in [3.63, 3.8) is 0 Å². The van der Waals surface area contributed by atoms with Gasteiger partial charge in [-0.3, -0.25) is 4.79 Å². The lowest BCUT2D eigenvalue weighted by Crippen LogP contribution is -2.31. The van der Waals surface area contributed by atoms with Gasteiger partial charge in [0.15, 0.2) is 0 Å². The van der Waals surface area contributed by atoms with Gasteiger partial charge in [0, 0.05) is 42.4 Å². The van der Waals surface area contributed by atoms with Gasteiger partial charge in [0.25, 0.3) is 5.91 Å². The summed E-state index contributed by atoms with van der Waals surface area (Å²) < 4.78 is 7.16. The van der Waals surface area contributed by atoms with Crippen molar-refractivity contribution in [3.05, 3.63) is 59.6 Å². The number of pyridine rings is 1. The number of anilines is 1. The third-order valence-corrected chi connectivity index (χ3v) is 6.68. The molecule has 3 atom stereocenters. The average molecular weight is 379 g/mol. The lowest BCUT2D eigenvalue weighted by atomic mass is 9.93. The van der Waals surface area contributed by atoms with Crippen LogP contribution in [0.5, 0.6) is 0 Å². The quantitative estimate of drug-likeness (QED) is 0.754. The normalized spacial score (nSPS) is 24.3. The number of carbonyl (C=O) groups is 1. The molecule has 2 saturated heterocycles. The van der Waals surface area contributed by atoms with Crippen molar-refractivity contribution in [1.29, 1.82) is 0 Å². The second-order valence-corrected chi connectivity index (χ2v) is 8.33. The highest BCUT2D eigenvalue weighted by Crippen LogP contribution is 2.35. The van der Waals surface area contributed by atoms with Crippen molar-refractivity contribution in [1.82, 2.24) is 9.88 Å². The van der Waals surface area contributed by atoms with Crippen LogP contribution in [0.3, 0.4) is 0 Å². The number of nitrogens with one attached hydrogen (secondary N) is 1. The molecule has 27 heavy (non-hydrogen) atoms. The summed E-state index contributed by atoms with van der Waals surface area (Å²) in [6, 6.07) is 16.0. The van der Waals surface area contributed by atoms with Gasteiger partial charge in [0.2, 0.25) is 0 Å². The predicted molar refractivity (Wildman–Crippen MR) is 107 cm³/mol. The largest absolute Gasteiger partial charge is 0.376 e. The molecule has 6 heteroatoms. The summed E-state index contributed by atoms with van der Waals surface area (Å²) in [5, 5.41) is 4.54. The zero-order valence-electron chi connectivity index (χ0n) is 14.9. The molecule has 0 saturated carbocycles. The number of ether oxygens (including phenoxy) is 1. The molecule has 0 aliphatic carbocycles. The molecule has 0 unspecified atom stereocenters. The van der Waals surface area contributed by atoms with E-state index in [1.54, 1.807) is 17.5 Å². The first kappa shape index (κ1) is 16.7. The molecular weight excluding hydrogens is 358 g/mol. The Labute approximate surface area is 162 Å². The van der Waals surface area contributed by atoms with Crippen molar-refractivity contribution in [2.45, 2.75) is 6.10 Å². The molecule has 138 valence electrons. The molecule has 0 spiro atoms. The van der Waals surface area contributed by atoms with Gasteiger partial charge in [-0.05, 0) is 29.7 Å². The van der Waals surface area contributed by atoms with Gasteiger partial charge in [-0.15, -0.1) is 11.3 Å². The number of thiophene rings is 1. The molecule has 2 aliphatic heterocycles. The number of benzene rings is 1. The summed E-state index contributed by atoms with van der Waals surface area (Å²) in [6.45, 7) is 3.04. The van der Waals surface area contributed by atoms with Crippen LogP contribution < -0.4 is 5.32 Å². The molecule has 5 nitrogen and oxygen atoms in total. The fourth-order valence-electron chi connectivity index (χ4n) is 4.12. The Bertz CT molecular complexity index is 925. The second kappa shape index (κ2) is 6.94. The highest BCUT2D eigenvalue weighted by molar-refractivity contribution is 7.20. The van der Waals surface area contributed by atoms with Crippen molar-refractivity contribution in [3.8, 4) is 0 Å². The van der Waals surface area contributed by atoms with E-state index in [4.69, 9.17) is 4.74 Å². The van der Waals surface area contributed by atoms with Gasteiger partial charge >= 0.3 is 0 Å². The van der Waals surface area contributed by atoms with Crippen molar-refractivity contribution in [2.24, 2.45) is 11.8 Å². The van der Waals surface area contributed by atoms with Crippen molar-refractivity contribution in [2.75, 3.05) is 31.6 Å². The van der Waals surface area contributed by atoms with Gasteiger partial charge in [-0.2, -0.15) is 0 Å². The van der Waals surface area contributed by atoms with E-state index in [1.165, 1.54) is 0 Å². The molecule has 0 bridgehead atoms. The molecular formula is C21H21N3O2S. The SMILES string of the molecule is O=C(c1cc2ccccc2s1)N1C[C@@H]2[C@@H](CNc3ccccn3)CO[C@@H]2C1. The van der Waals surface area contributed by atoms with E-state index in [1.807, 2.05) is 41.3 Å². The van der Waals surface area contributed by atoms with Crippen LogP contribution in [0.4, 0.5) is 5.82 Å². The number of hydrogen-bond acceptors (Lipinski definition) is 5. The average Bonchev–Trinajstić information content (AvgIpc) is 3.40. The summed E-state index contributed by atoms with van der Waals surface area (Å²) in [7, 11) is 0. The monoisotopic (exact) mass is 379 g/mol. The van der Waals surface area contributed by atoms with Crippen LogP contribution in [0, 0.1) is 11.8 Å². The molecule has 2 aliphatic rings. The third kappa shape index (κ3) is 3.19. The van der Waals surface area contributed by atoms with Crippen molar-refractivity contribution >= 4 is 33.1 Å². The molecule has 2 aromatic heterocycles. The topological polar surface area (TPSA) is 54.5 Å². The maximum atomic E-state index is 13.0. The number of aromatic nitrogens is 1. The van der Waals surface area contributed by atoms with E-state index >= 15 is 0 Å². The van der Waals surface area contributed by atoms with Gasteiger partial charge < -0.3 is 15.0 Å². The summed E-state index contributed by atoms with van der Waals surface area (Å²) in [5.41, 5.74) is 0. The van der Waals surface area contributed by atoms with Crippen LogP contribution in [0.2, 0.25) is 0 Å². The lowest BCUT2D eigenvalue weighted by Gasteiger charge is -2.20. The minimum atomic E-state index is 0.130. The van der Waals surface area contributed by atoms with Crippen LogP contribution in [-0.4, -0.2) is 48.1 Å². The molecule has 3 aromatic rings. The van der Waals surface area contributed by atoms with E-state index in [9.17, 15) is 4.79 Å². The van der Waals surface area contributed by atoms with Crippen LogP contribution in [0.1, 0.15) is 9.67 Å². The first-order chi connectivity index (χ1) is 13.3. The molecule has 2 fully saturated rings. The fourth-order valence-corrected chi connectivity index (χ4v) is 5.15. The Morgan fingerprint density at radius 2 is 2.11 bits per heavy atom. The van der Waals surface area contributed by atoms with E-state index in [0.717, 1.165) is 40.5 Å². The van der Waals surface area contributed by atoms with Gasteiger partial charge in [0.05, 0.1) is 17.6 Å². The second-order valence-electron chi connectivity index (χ2n) is 7.25. The first-order valence-electron chi connectivity index (χ1n) is 9.32. The predicted octanol–water partition coefficient (Wildman–Crippen LogP) is 3.50. The van der Waals surface area contributed by atoms with Crippen LogP contribution >= 0.6 is 11.3 Å². The maximum Gasteiger partial charge on any atom is 0.264 e. The summed E-state index contributed by atoms with van der Waals surface area (Å²) in [6.07, 6.45) is 1.94. The third-order valence-electron chi connectivity index (χ3n) is 5.57. The number of likely N-dealkylation sites (tertiary alicyclic amines) is 1. The number of nitrogens with zero attached hydrogens (tertiary/aromatic N) is 2. The minimum absolute atomic E-state index is 0.130. The Balaban J connectivity index is 1.25. The first-order valence-corrected chi connectivity index (χ1v) is 10.1. The summed E-state index contributed by atoms with van der Waals surface area (Å²) in [5.74, 6) is 1.81. The number of amides is 1. The standard InChI is InChI=1S/C21H21N3O2S/c25-21(19-9-14-5-1-2-6-18(14)27-19)24-11-16-15(13-26-17(16)12-24)10-23-20-7-3-4-8-22-20/h1-9,15-17H,10-13H2,(H,22,23)/t15-,16+,17+/m0/s1. The number of carbonyl (C=O) groups excluding carboxylic acids is 1. The van der Waals surface area contributed by atoms with E-state index in [2.05, 4.69) is 22.4 Å². The molecule has 5 rings (SSSR count). The van der Waals surface area contributed by atoms with Gasteiger partial charge in [-0.1, -0.05) is 24.3 Å². The summed E-state index contributed by atoms with van der Waals surface area (Å²) >= 11 is 1.58. The molecule has 0 radical (unpaired) electrons. The Hall–Kier alpha value is -2.44. The number of fused-ring (bicyclic) bond motifs is 2. The van der Waals surface area contributed by atoms with Gasteiger partial charge in [-0.25, -0.2) is 4.98 Å². The van der Waals surface area contributed by atoms with E-state index in [0.29, 0.717) is 18.4 Å². The molecule has 1 aromatic carbocycles. The Morgan fingerprint density at radius 3 is 2.96 bits per heavy atom. The number of rotatable bonds is 4. The van der Waals surface area contributed by atoms with E-state index < -0.39 is 0 Å². The Morgan fingerprint density at radius 1 is 1.22 bits per heavy atom. The van der Waals surface area contributed by atoms with E-state index in [-0.39, 0.29) is 12.0 Å². The Kier molecular flexibility index (Phi) is 4.30. The fraction of sp³-hybridized carbons (Fsp3) is 0.333.